The van der Waals surface area contributed by atoms with Crippen LogP contribution in [0.15, 0.2) is 18.2 Å². The van der Waals surface area contributed by atoms with Crippen LogP contribution in [0.2, 0.25) is 0 Å². The fraction of sp³-hybridized carbons (Fsp3) is 0.680. The summed E-state index contributed by atoms with van der Waals surface area (Å²) in [6.07, 6.45) is 19.6. The van der Waals surface area contributed by atoms with E-state index in [0.717, 1.165) is 29.9 Å². The van der Waals surface area contributed by atoms with Gasteiger partial charge < -0.3 is 18.9 Å². The Hall–Kier alpha value is -1.84. The molecular weight excluding hydrogens is 364 g/mol. The fourth-order valence-corrected chi connectivity index (χ4v) is 3.63. The number of methoxy groups -OCH3 is 4. The van der Waals surface area contributed by atoms with E-state index in [9.17, 15) is 0 Å². The van der Waals surface area contributed by atoms with Gasteiger partial charge in [0.05, 0.1) is 28.4 Å². The van der Waals surface area contributed by atoms with Crippen molar-refractivity contribution in [3.05, 3.63) is 23.8 Å². The number of benzene rings is 1. The van der Waals surface area contributed by atoms with Crippen LogP contribution in [0.5, 0.6) is 23.0 Å². The monoisotopic (exact) mass is 406 g/mol. The SMILES string of the molecule is CCCC/C=C\CCCCCCCCCc1c(OC)c(OC)cc(OC)c1OC. The summed E-state index contributed by atoms with van der Waals surface area (Å²) in [6.45, 7) is 2.24. The van der Waals surface area contributed by atoms with Crippen molar-refractivity contribution in [3.8, 4) is 23.0 Å². The second kappa shape index (κ2) is 16.0. The lowest BCUT2D eigenvalue weighted by Crippen LogP contribution is -2.02. The molecule has 1 aromatic rings. The first-order valence-corrected chi connectivity index (χ1v) is 11.2. The van der Waals surface area contributed by atoms with E-state index in [0.29, 0.717) is 11.5 Å². The van der Waals surface area contributed by atoms with Gasteiger partial charge in [-0.1, -0.05) is 64.0 Å². The van der Waals surface area contributed by atoms with Gasteiger partial charge in [-0.2, -0.15) is 0 Å². The lowest BCUT2D eigenvalue weighted by Gasteiger charge is -2.19. The Kier molecular flexibility index (Phi) is 13.9. The van der Waals surface area contributed by atoms with Crippen molar-refractivity contribution in [2.75, 3.05) is 28.4 Å². The van der Waals surface area contributed by atoms with E-state index in [1.165, 1.54) is 64.2 Å². The van der Waals surface area contributed by atoms with Crippen molar-refractivity contribution in [3.63, 3.8) is 0 Å². The number of ether oxygens (including phenoxy) is 4. The quantitative estimate of drug-likeness (QED) is 0.204. The van der Waals surface area contributed by atoms with Gasteiger partial charge in [0.1, 0.15) is 0 Å². The van der Waals surface area contributed by atoms with Crippen LogP contribution < -0.4 is 18.9 Å². The Morgan fingerprint density at radius 2 is 1.10 bits per heavy atom. The third-order valence-corrected chi connectivity index (χ3v) is 5.29. The van der Waals surface area contributed by atoms with Crippen LogP contribution in [0.25, 0.3) is 0 Å². The average molecular weight is 407 g/mol. The predicted octanol–water partition coefficient (Wildman–Crippen LogP) is 7.13. The number of rotatable bonds is 17. The van der Waals surface area contributed by atoms with E-state index in [4.69, 9.17) is 18.9 Å². The molecule has 4 heteroatoms. The number of allylic oxidation sites excluding steroid dienone is 2. The van der Waals surface area contributed by atoms with Gasteiger partial charge in [0, 0.05) is 11.6 Å². The summed E-state index contributed by atoms with van der Waals surface area (Å²) in [7, 11) is 6.64. The van der Waals surface area contributed by atoms with E-state index in [-0.39, 0.29) is 0 Å². The summed E-state index contributed by atoms with van der Waals surface area (Å²) >= 11 is 0. The Labute approximate surface area is 178 Å². The summed E-state index contributed by atoms with van der Waals surface area (Å²) < 4.78 is 22.2. The predicted molar refractivity (Wildman–Crippen MR) is 122 cm³/mol. The van der Waals surface area contributed by atoms with Gasteiger partial charge in [-0.15, -0.1) is 0 Å². The van der Waals surface area contributed by atoms with E-state index < -0.39 is 0 Å². The molecule has 0 radical (unpaired) electrons. The van der Waals surface area contributed by atoms with Crippen molar-refractivity contribution in [1.82, 2.24) is 0 Å². The van der Waals surface area contributed by atoms with Crippen LogP contribution in [0.1, 0.15) is 83.1 Å². The standard InChI is InChI=1S/C25H42O4/c1-6-7-8-9-10-11-12-13-14-15-16-17-18-19-21-24(28-4)22(26-2)20-23(27-3)25(21)29-5/h9-10,20H,6-8,11-19H2,1-5H3/b10-9-. The molecular formula is C25H42O4. The summed E-state index contributed by atoms with van der Waals surface area (Å²) in [5.41, 5.74) is 1.03. The zero-order chi connectivity index (χ0) is 21.3. The molecule has 0 saturated heterocycles. The molecule has 0 saturated carbocycles. The third-order valence-electron chi connectivity index (χ3n) is 5.29. The van der Waals surface area contributed by atoms with Gasteiger partial charge in [-0.05, 0) is 32.1 Å². The van der Waals surface area contributed by atoms with Crippen molar-refractivity contribution < 1.29 is 18.9 Å². The molecule has 0 fully saturated rings. The highest BCUT2D eigenvalue weighted by atomic mass is 16.5. The van der Waals surface area contributed by atoms with Gasteiger partial charge in [-0.3, -0.25) is 0 Å². The van der Waals surface area contributed by atoms with E-state index >= 15 is 0 Å². The largest absolute Gasteiger partial charge is 0.493 e. The topological polar surface area (TPSA) is 36.9 Å². The lowest BCUT2D eigenvalue weighted by molar-refractivity contribution is 0.323. The summed E-state index contributed by atoms with van der Waals surface area (Å²) in [4.78, 5) is 0. The van der Waals surface area contributed by atoms with Gasteiger partial charge in [0.2, 0.25) is 0 Å². The summed E-state index contributed by atoms with van der Waals surface area (Å²) in [6, 6.07) is 1.82. The fourth-order valence-electron chi connectivity index (χ4n) is 3.63. The van der Waals surface area contributed by atoms with Crippen molar-refractivity contribution >= 4 is 0 Å². The number of hydrogen-bond acceptors (Lipinski definition) is 4. The highest BCUT2D eigenvalue weighted by Gasteiger charge is 2.20. The van der Waals surface area contributed by atoms with Gasteiger partial charge in [-0.25, -0.2) is 0 Å². The molecule has 0 amide bonds. The Morgan fingerprint density at radius 1 is 0.621 bits per heavy atom. The minimum atomic E-state index is 0.684. The second-order valence-electron chi connectivity index (χ2n) is 7.45. The van der Waals surface area contributed by atoms with Crippen molar-refractivity contribution in [2.24, 2.45) is 0 Å². The molecule has 29 heavy (non-hydrogen) atoms. The highest BCUT2D eigenvalue weighted by molar-refractivity contribution is 5.61. The molecule has 0 aliphatic rings. The molecule has 0 N–H and O–H groups in total. The van der Waals surface area contributed by atoms with Crippen LogP contribution in [0, 0.1) is 0 Å². The Bertz CT molecular complexity index is 550. The molecule has 166 valence electrons. The maximum atomic E-state index is 5.61. The average Bonchev–Trinajstić information content (AvgIpc) is 2.75. The van der Waals surface area contributed by atoms with E-state index in [1.54, 1.807) is 28.4 Å². The first-order chi connectivity index (χ1) is 14.2. The molecule has 0 heterocycles. The minimum absolute atomic E-state index is 0.684. The van der Waals surface area contributed by atoms with Crippen molar-refractivity contribution in [2.45, 2.75) is 84.0 Å². The molecule has 0 spiro atoms. The third kappa shape index (κ3) is 9.01. The molecule has 4 nitrogen and oxygen atoms in total. The molecule has 0 atom stereocenters. The maximum Gasteiger partial charge on any atom is 0.167 e. The first-order valence-electron chi connectivity index (χ1n) is 11.2. The Morgan fingerprint density at radius 3 is 1.59 bits per heavy atom. The second-order valence-corrected chi connectivity index (χ2v) is 7.45. The van der Waals surface area contributed by atoms with E-state index in [1.807, 2.05) is 6.07 Å². The summed E-state index contributed by atoms with van der Waals surface area (Å²) in [5, 5.41) is 0. The van der Waals surface area contributed by atoms with Crippen LogP contribution in [0.4, 0.5) is 0 Å². The van der Waals surface area contributed by atoms with Gasteiger partial charge >= 0.3 is 0 Å². The zero-order valence-electron chi connectivity index (χ0n) is 19.4. The molecule has 0 aliphatic heterocycles. The summed E-state index contributed by atoms with van der Waals surface area (Å²) in [5.74, 6) is 2.86. The molecule has 0 aromatic heterocycles. The lowest BCUT2D eigenvalue weighted by atomic mass is 10.0. The minimum Gasteiger partial charge on any atom is -0.493 e. The van der Waals surface area contributed by atoms with Gasteiger partial charge in [0.25, 0.3) is 0 Å². The Balaban J connectivity index is 2.35. The first kappa shape index (κ1) is 25.2. The van der Waals surface area contributed by atoms with Gasteiger partial charge in [0.15, 0.2) is 23.0 Å². The molecule has 0 unspecified atom stereocenters. The smallest absolute Gasteiger partial charge is 0.167 e. The maximum absolute atomic E-state index is 5.61. The van der Waals surface area contributed by atoms with Crippen LogP contribution in [-0.4, -0.2) is 28.4 Å². The molecule has 0 aliphatic carbocycles. The highest BCUT2D eigenvalue weighted by Crippen LogP contribution is 2.45. The molecule has 0 bridgehead atoms. The van der Waals surface area contributed by atoms with Crippen LogP contribution in [-0.2, 0) is 6.42 Å². The molecule has 1 rings (SSSR count). The number of unbranched alkanes of at least 4 members (excludes halogenated alkanes) is 9. The normalized spacial score (nSPS) is 11.1. The number of hydrogen-bond donors (Lipinski definition) is 0. The molecule has 1 aromatic carbocycles. The van der Waals surface area contributed by atoms with Crippen molar-refractivity contribution in [1.29, 1.82) is 0 Å². The van der Waals surface area contributed by atoms with E-state index in [2.05, 4.69) is 19.1 Å². The van der Waals surface area contributed by atoms with Crippen LogP contribution in [0.3, 0.4) is 0 Å². The van der Waals surface area contributed by atoms with Crippen LogP contribution >= 0.6 is 0 Å². The zero-order valence-corrected chi connectivity index (χ0v) is 19.4.